The first-order chi connectivity index (χ1) is 14.9. The van der Waals surface area contributed by atoms with Gasteiger partial charge >= 0.3 is 5.97 Å². The van der Waals surface area contributed by atoms with Crippen LogP contribution < -0.4 is 4.90 Å². The molecule has 1 N–H and O–H groups in total. The van der Waals surface area contributed by atoms with Gasteiger partial charge in [0, 0.05) is 50.0 Å². The summed E-state index contributed by atoms with van der Waals surface area (Å²) >= 11 is 0. The molecule has 2 unspecified atom stereocenters. The average molecular weight is 423 g/mol. The van der Waals surface area contributed by atoms with Gasteiger partial charge in [0.25, 0.3) is 0 Å². The number of imidazole rings is 1. The number of aryl methyl sites for hydroxylation is 3. The van der Waals surface area contributed by atoms with Crippen molar-refractivity contribution < 1.29 is 14.6 Å². The van der Waals surface area contributed by atoms with Crippen LogP contribution in [0.2, 0.25) is 0 Å². The van der Waals surface area contributed by atoms with Gasteiger partial charge in [0.1, 0.15) is 17.5 Å². The summed E-state index contributed by atoms with van der Waals surface area (Å²) in [6.45, 7) is 7.65. The Bertz CT molecular complexity index is 1110. The Kier molecular flexibility index (Phi) is 5.96. The monoisotopic (exact) mass is 422 g/mol. The minimum Gasteiger partial charge on any atom is -0.462 e. The van der Waals surface area contributed by atoms with Crippen LogP contribution in [0, 0.1) is 19.8 Å². The van der Waals surface area contributed by atoms with Gasteiger partial charge in [0.2, 0.25) is 0 Å². The topological polar surface area (TPSA) is 80.5 Å². The molecular weight excluding hydrogens is 392 g/mol. The van der Waals surface area contributed by atoms with E-state index in [1.807, 2.05) is 24.7 Å². The third kappa shape index (κ3) is 4.02. The fourth-order valence-electron chi connectivity index (χ4n) is 4.69. The van der Waals surface area contributed by atoms with Gasteiger partial charge in [-0.25, -0.2) is 9.78 Å². The van der Waals surface area contributed by atoms with E-state index < -0.39 is 6.10 Å². The second-order valence-corrected chi connectivity index (χ2v) is 8.41. The van der Waals surface area contributed by atoms with Crippen LogP contribution in [0.5, 0.6) is 0 Å². The second kappa shape index (κ2) is 8.67. The number of benzene rings is 1. The molecule has 4 rings (SSSR count). The van der Waals surface area contributed by atoms with Gasteiger partial charge in [-0.2, -0.15) is 0 Å². The third-order valence-electron chi connectivity index (χ3n) is 6.12. The summed E-state index contributed by atoms with van der Waals surface area (Å²) in [7, 11) is 1.90. The molecule has 0 radical (unpaired) electrons. The summed E-state index contributed by atoms with van der Waals surface area (Å²) in [6, 6.07) is 4.19. The van der Waals surface area contributed by atoms with Crippen molar-refractivity contribution in [3.05, 3.63) is 53.2 Å². The number of esters is 1. The molecule has 3 aromatic rings. The van der Waals surface area contributed by atoms with Gasteiger partial charge in [-0.05, 0) is 45.2 Å². The van der Waals surface area contributed by atoms with E-state index in [9.17, 15) is 9.90 Å². The average Bonchev–Trinajstić information content (AvgIpc) is 3.18. The van der Waals surface area contributed by atoms with Crippen molar-refractivity contribution in [2.45, 2.75) is 39.7 Å². The van der Waals surface area contributed by atoms with Crippen LogP contribution in [0.3, 0.4) is 0 Å². The predicted octanol–water partition coefficient (Wildman–Crippen LogP) is 3.71. The van der Waals surface area contributed by atoms with Crippen LogP contribution in [0.25, 0.3) is 10.9 Å². The molecule has 1 aliphatic heterocycles. The molecule has 2 atom stereocenters. The molecule has 0 spiro atoms. The summed E-state index contributed by atoms with van der Waals surface area (Å²) in [5.41, 5.74) is 4.42. The highest BCUT2D eigenvalue weighted by molar-refractivity contribution is 6.06. The fraction of sp³-hybridized carbons (Fsp3) is 0.458. The van der Waals surface area contributed by atoms with Crippen molar-refractivity contribution in [3.63, 3.8) is 0 Å². The molecule has 7 heteroatoms. The van der Waals surface area contributed by atoms with E-state index in [-0.39, 0.29) is 11.9 Å². The van der Waals surface area contributed by atoms with Crippen molar-refractivity contribution in [1.29, 1.82) is 0 Å². The molecule has 164 valence electrons. The van der Waals surface area contributed by atoms with E-state index in [0.717, 1.165) is 47.1 Å². The highest BCUT2D eigenvalue weighted by Gasteiger charge is 2.32. The van der Waals surface area contributed by atoms with Crippen molar-refractivity contribution in [3.8, 4) is 0 Å². The number of carbonyl (C=O) groups is 1. The minimum absolute atomic E-state index is 0.0130. The Morgan fingerprint density at radius 1 is 1.32 bits per heavy atom. The molecular formula is C24H30N4O3. The predicted molar refractivity (Wildman–Crippen MR) is 120 cm³/mol. The number of aromatic nitrogens is 3. The van der Waals surface area contributed by atoms with Crippen LogP contribution in [0.15, 0.2) is 30.7 Å². The largest absolute Gasteiger partial charge is 0.462 e. The first-order valence-electron chi connectivity index (χ1n) is 10.9. The van der Waals surface area contributed by atoms with Crippen molar-refractivity contribution in [2.24, 2.45) is 13.0 Å². The van der Waals surface area contributed by atoms with E-state index in [0.29, 0.717) is 24.5 Å². The van der Waals surface area contributed by atoms with Crippen LogP contribution in [0.1, 0.15) is 53.2 Å². The molecule has 2 aromatic heterocycles. The highest BCUT2D eigenvalue weighted by Crippen LogP contribution is 2.37. The van der Waals surface area contributed by atoms with Crippen molar-refractivity contribution >= 4 is 22.6 Å². The number of rotatable bonds is 5. The molecule has 1 aromatic carbocycles. The van der Waals surface area contributed by atoms with Gasteiger partial charge in [-0.15, -0.1) is 0 Å². The van der Waals surface area contributed by atoms with Crippen LogP contribution in [-0.4, -0.2) is 45.3 Å². The Labute approximate surface area is 182 Å². The van der Waals surface area contributed by atoms with E-state index in [4.69, 9.17) is 4.74 Å². The summed E-state index contributed by atoms with van der Waals surface area (Å²) in [5, 5.41) is 12.0. The second-order valence-electron chi connectivity index (χ2n) is 8.41. The number of anilines is 1. The van der Waals surface area contributed by atoms with Crippen LogP contribution in [0.4, 0.5) is 5.69 Å². The van der Waals surface area contributed by atoms with Crippen LogP contribution >= 0.6 is 0 Å². The van der Waals surface area contributed by atoms with Crippen molar-refractivity contribution in [1.82, 2.24) is 14.5 Å². The van der Waals surface area contributed by atoms with Gasteiger partial charge in [-0.3, -0.25) is 4.98 Å². The number of aliphatic hydroxyl groups is 1. The van der Waals surface area contributed by atoms with Gasteiger partial charge in [0.05, 0.1) is 17.8 Å². The Morgan fingerprint density at radius 2 is 2.13 bits per heavy atom. The van der Waals surface area contributed by atoms with Gasteiger partial charge < -0.3 is 19.3 Å². The number of carbonyl (C=O) groups excluding carboxylic acids is 1. The zero-order valence-corrected chi connectivity index (χ0v) is 18.6. The standard InChI is InChI=1S/C24H30N4O3/c1-5-31-24(30)19-13-26-20-16(3)11-15(2)12-18(20)21(19)28-9-6-7-17(14-28)22(29)23-25-8-10-27(23)4/h8,10-13,17,22,29H,5-7,9,14H2,1-4H3. The number of aliphatic hydroxyl groups excluding tert-OH is 1. The van der Waals surface area contributed by atoms with E-state index in [2.05, 4.69) is 33.9 Å². The summed E-state index contributed by atoms with van der Waals surface area (Å²) in [6.07, 6.45) is 6.35. The Morgan fingerprint density at radius 3 is 2.84 bits per heavy atom. The lowest BCUT2D eigenvalue weighted by atomic mass is 9.90. The number of piperidine rings is 1. The molecule has 1 fully saturated rings. The quantitative estimate of drug-likeness (QED) is 0.632. The fourth-order valence-corrected chi connectivity index (χ4v) is 4.69. The molecule has 0 amide bonds. The normalized spacial score (nSPS) is 17.7. The van der Waals surface area contributed by atoms with E-state index in [1.54, 1.807) is 19.3 Å². The lowest BCUT2D eigenvalue weighted by molar-refractivity contribution is 0.0526. The number of fused-ring (bicyclic) bond motifs is 1. The summed E-state index contributed by atoms with van der Waals surface area (Å²) in [5.74, 6) is 0.320. The number of hydrogen-bond donors (Lipinski definition) is 1. The highest BCUT2D eigenvalue weighted by atomic mass is 16.5. The minimum atomic E-state index is -0.662. The Hall–Kier alpha value is -2.93. The molecule has 1 aliphatic rings. The first kappa shape index (κ1) is 21.3. The number of ether oxygens (including phenoxy) is 1. The summed E-state index contributed by atoms with van der Waals surface area (Å²) < 4.78 is 7.21. The first-order valence-corrected chi connectivity index (χ1v) is 10.9. The number of nitrogens with zero attached hydrogens (tertiary/aromatic N) is 4. The summed E-state index contributed by atoms with van der Waals surface area (Å²) in [4.78, 5) is 24.0. The molecule has 0 saturated carbocycles. The van der Waals surface area contributed by atoms with E-state index in [1.165, 1.54) is 0 Å². The maximum Gasteiger partial charge on any atom is 0.341 e. The molecule has 7 nitrogen and oxygen atoms in total. The molecule has 0 aliphatic carbocycles. The zero-order chi connectivity index (χ0) is 22.1. The van der Waals surface area contributed by atoms with Crippen molar-refractivity contribution in [2.75, 3.05) is 24.6 Å². The molecule has 3 heterocycles. The lowest BCUT2D eigenvalue weighted by Crippen LogP contribution is -2.39. The SMILES string of the molecule is CCOC(=O)c1cnc2c(C)cc(C)cc2c1N1CCCC(C(O)c2nccn2C)C1. The molecule has 0 bridgehead atoms. The maximum absolute atomic E-state index is 12.8. The Balaban J connectivity index is 1.78. The smallest absolute Gasteiger partial charge is 0.341 e. The number of pyridine rings is 1. The lowest BCUT2D eigenvalue weighted by Gasteiger charge is -2.37. The molecule has 1 saturated heterocycles. The maximum atomic E-state index is 12.8. The van der Waals surface area contributed by atoms with Gasteiger partial charge in [0.15, 0.2) is 0 Å². The van der Waals surface area contributed by atoms with Crippen LogP contribution in [-0.2, 0) is 11.8 Å². The number of hydrogen-bond acceptors (Lipinski definition) is 6. The molecule has 31 heavy (non-hydrogen) atoms. The van der Waals surface area contributed by atoms with E-state index >= 15 is 0 Å². The van der Waals surface area contributed by atoms with Gasteiger partial charge in [-0.1, -0.05) is 11.6 Å². The third-order valence-corrected chi connectivity index (χ3v) is 6.12. The zero-order valence-electron chi connectivity index (χ0n) is 18.6.